The average Bonchev–Trinajstić information content (AvgIpc) is 3.36. The molecule has 1 aromatic heterocycles. The zero-order valence-electron chi connectivity index (χ0n) is 19.1. The predicted molar refractivity (Wildman–Crippen MR) is 135 cm³/mol. The van der Waals surface area contributed by atoms with Crippen molar-refractivity contribution in [2.24, 2.45) is 11.0 Å². The Morgan fingerprint density at radius 1 is 1.12 bits per heavy atom. The minimum atomic E-state index is -3.79. The summed E-state index contributed by atoms with van der Waals surface area (Å²) in [5.41, 5.74) is 3.43. The second-order valence-corrected chi connectivity index (χ2v) is 10.6. The standard InChI is InChI=1S/C24H27N3O5S2/c1-17(2)12-13-32-21-11-10-18(15-22(21)31-3)16-25-26-24(28)19-7-4-5-8-20(19)27-34(29,30)23-9-6-14-33-23/h4-11,14-17,27H,12-13H2,1-3H3,(H,26,28)/b25-16+. The van der Waals surface area contributed by atoms with Gasteiger partial charge in [-0.05, 0) is 59.7 Å². The summed E-state index contributed by atoms with van der Waals surface area (Å²) in [4.78, 5) is 12.7. The molecule has 0 fully saturated rings. The number of hydrogen-bond acceptors (Lipinski definition) is 7. The van der Waals surface area contributed by atoms with Crippen molar-refractivity contribution in [3.8, 4) is 11.5 Å². The summed E-state index contributed by atoms with van der Waals surface area (Å²) in [7, 11) is -2.23. The third kappa shape index (κ3) is 6.82. The van der Waals surface area contributed by atoms with E-state index in [1.54, 1.807) is 48.9 Å². The third-order valence-corrected chi connectivity index (χ3v) is 7.46. The van der Waals surface area contributed by atoms with Gasteiger partial charge in [0.25, 0.3) is 15.9 Å². The third-order valence-electron chi connectivity index (χ3n) is 4.70. The number of para-hydroxylation sites is 1. The van der Waals surface area contributed by atoms with E-state index in [1.807, 2.05) is 0 Å². The topological polar surface area (TPSA) is 106 Å². The first-order chi connectivity index (χ1) is 16.3. The van der Waals surface area contributed by atoms with Crippen molar-refractivity contribution in [1.82, 2.24) is 5.43 Å². The van der Waals surface area contributed by atoms with Gasteiger partial charge in [0.05, 0.1) is 31.2 Å². The molecule has 1 amide bonds. The van der Waals surface area contributed by atoms with Crippen molar-refractivity contribution in [3.05, 3.63) is 71.1 Å². The second kappa shape index (κ2) is 11.7. The van der Waals surface area contributed by atoms with Crippen LogP contribution in [0.1, 0.15) is 36.2 Å². The normalized spacial score (nSPS) is 11.5. The molecule has 34 heavy (non-hydrogen) atoms. The summed E-state index contributed by atoms with van der Waals surface area (Å²) in [5.74, 6) is 1.18. The number of ether oxygens (including phenoxy) is 2. The zero-order chi connectivity index (χ0) is 24.6. The Kier molecular flexibility index (Phi) is 8.67. The Morgan fingerprint density at radius 2 is 1.91 bits per heavy atom. The lowest BCUT2D eigenvalue weighted by atomic mass is 10.1. The maximum atomic E-state index is 12.7. The van der Waals surface area contributed by atoms with Crippen molar-refractivity contribution in [2.45, 2.75) is 24.5 Å². The molecule has 0 aliphatic heterocycles. The number of hydrazone groups is 1. The number of nitrogens with zero attached hydrogens (tertiary/aromatic N) is 1. The molecule has 2 aromatic carbocycles. The number of carbonyl (C=O) groups is 1. The molecule has 2 N–H and O–H groups in total. The predicted octanol–water partition coefficient (Wildman–Crippen LogP) is 4.75. The molecule has 180 valence electrons. The van der Waals surface area contributed by atoms with Crippen LogP contribution in [0.2, 0.25) is 0 Å². The van der Waals surface area contributed by atoms with Crippen LogP contribution in [0.25, 0.3) is 0 Å². The molecule has 1 heterocycles. The number of rotatable bonds is 11. The van der Waals surface area contributed by atoms with Gasteiger partial charge >= 0.3 is 0 Å². The fraction of sp³-hybridized carbons (Fsp3) is 0.250. The summed E-state index contributed by atoms with van der Waals surface area (Å²) < 4.78 is 38.9. The number of hydrogen-bond donors (Lipinski definition) is 2. The largest absolute Gasteiger partial charge is 0.493 e. The average molecular weight is 502 g/mol. The smallest absolute Gasteiger partial charge is 0.273 e. The van der Waals surface area contributed by atoms with Gasteiger partial charge in [0.15, 0.2) is 11.5 Å². The minimum absolute atomic E-state index is 0.145. The van der Waals surface area contributed by atoms with Crippen LogP contribution in [0.3, 0.4) is 0 Å². The highest BCUT2D eigenvalue weighted by Gasteiger charge is 2.19. The second-order valence-electron chi connectivity index (χ2n) is 7.72. The van der Waals surface area contributed by atoms with E-state index in [9.17, 15) is 13.2 Å². The van der Waals surface area contributed by atoms with E-state index >= 15 is 0 Å². The number of thiophene rings is 1. The molecule has 0 atom stereocenters. The van der Waals surface area contributed by atoms with E-state index in [2.05, 4.69) is 29.1 Å². The van der Waals surface area contributed by atoms with Crippen LogP contribution in [-0.4, -0.2) is 34.3 Å². The highest BCUT2D eigenvalue weighted by Crippen LogP contribution is 2.28. The zero-order valence-corrected chi connectivity index (χ0v) is 20.8. The molecule has 0 saturated heterocycles. The van der Waals surface area contributed by atoms with Crippen molar-refractivity contribution in [3.63, 3.8) is 0 Å². The van der Waals surface area contributed by atoms with Crippen molar-refractivity contribution in [1.29, 1.82) is 0 Å². The van der Waals surface area contributed by atoms with Gasteiger partial charge in [-0.15, -0.1) is 11.3 Å². The molecular formula is C24H27N3O5S2. The van der Waals surface area contributed by atoms with Gasteiger partial charge in [0.1, 0.15) is 4.21 Å². The van der Waals surface area contributed by atoms with Crippen LogP contribution in [0.4, 0.5) is 5.69 Å². The number of amides is 1. The van der Waals surface area contributed by atoms with Crippen molar-refractivity contribution < 1.29 is 22.7 Å². The molecular weight excluding hydrogens is 474 g/mol. The molecule has 8 nitrogen and oxygen atoms in total. The van der Waals surface area contributed by atoms with Crippen molar-refractivity contribution >= 4 is 39.2 Å². The number of benzene rings is 2. The van der Waals surface area contributed by atoms with Crippen LogP contribution >= 0.6 is 11.3 Å². The number of anilines is 1. The van der Waals surface area contributed by atoms with Crippen LogP contribution in [-0.2, 0) is 10.0 Å². The highest BCUT2D eigenvalue weighted by atomic mass is 32.2. The Bertz CT molecular complexity index is 1240. The van der Waals surface area contributed by atoms with Gasteiger partial charge in [0, 0.05) is 0 Å². The Morgan fingerprint density at radius 3 is 2.62 bits per heavy atom. The maximum absolute atomic E-state index is 12.7. The Balaban J connectivity index is 1.67. The summed E-state index contributed by atoms with van der Waals surface area (Å²) in [6.45, 7) is 4.85. The number of methoxy groups -OCH3 is 1. The monoisotopic (exact) mass is 501 g/mol. The van der Waals surface area contributed by atoms with Gasteiger partial charge in [-0.1, -0.05) is 32.0 Å². The first-order valence-electron chi connectivity index (χ1n) is 10.6. The first kappa shape index (κ1) is 25.3. The van der Waals surface area contributed by atoms with Crippen LogP contribution < -0.4 is 19.6 Å². The maximum Gasteiger partial charge on any atom is 0.273 e. The Hall–Kier alpha value is -3.37. The van der Waals surface area contributed by atoms with Crippen LogP contribution in [0, 0.1) is 5.92 Å². The SMILES string of the molecule is COc1cc(/C=N/NC(=O)c2ccccc2NS(=O)(=O)c2cccs2)ccc1OCCC(C)C. The van der Waals surface area contributed by atoms with E-state index in [0.29, 0.717) is 29.6 Å². The first-order valence-corrected chi connectivity index (χ1v) is 13.0. The van der Waals surface area contributed by atoms with Gasteiger partial charge in [-0.25, -0.2) is 13.8 Å². The van der Waals surface area contributed by atoms with E-state index in [4.69, 9.17) is 9.47 Å². The molecule has 0 aliphatic rings. The van der Waals surface area contributed by atoms with Crippen LogP contribution in [0.5, 0.6) is 11.5 Å². The molecule has 0 bridgehead atoms. The molecule has 0 radical (unpaired) electrons. The Labute approximate surface area is 203 Å². The highest BCUT2D eigenvalue weighted by molar-refractivity contribution is 7.94. The van der Waals surface area contributed by atoms with E-state index in [0.717, 1.165) is 17.8 Å². The summed E-state index contributed by atoms with van der Waals surface area (Å²) in [5, 5.41) is 5.67. The lowest BCUT2D eigenvalue weighted by Crippen LogP contribution is -2.21. The number of sulfonamides is 1. The molecule has 0 unspecified atom stereocenters. The summed E-state index contributed by atoms with van der Waals surface area (Å²) >= 11 is 1.09. The van der Waals surface area contributed by atoms with E-state index in [-0.39, 0.29) is 15.5 Å². The number of carbonyl (C=O) groups excluding carboxylic acids is 1. The van der Waals surface area contributed by atoms with Crippen molar-refractivity contribution in [2.75, 3.05) is 18.4 Å². The van der Waals surface area contributed by atoms with Gasteiger partial charge < -0.3 is 9.47 Å². The molecule has 0 aliphatic carbocycles. The fourth-order valence-electron chi connectivity index (χ4n) is 2.90. The van der Waals surface area contributed by atoms with Gasteiger partial charge in [0.2, 0.25) is 0 Å². The van der Waals surface area contributed by atoms with E-state index < -0.39 is 15.9 Å². The van der Waals surface area contributed by atoms with E-state index in [1.165, 1.54) is 24.4 Å². The molecule has 10 heteroatoms. The molecule has 3 aromatic rings. The fourth-order valence-corrected chi connectivity index (χ4v) is 4.97. The minimum Gasteiger partial charge on any atom is -0.493 e. The van der Waals surface area contributed by atoms with Gasteiger partial charge in [-0.2, -0.15) is 5.10 Å². The lowest BCUT2D eigenvalue weighted by molar-refractivity contribution is 0.0956. The van der Waals surface area contributed by atoms with Gasteiger partial charge in [-0.3, -0.25) is 9.52 Å². The summed E-state index contributed by atoms with van der Waals surface area (Å²) in [6.07, 6.45) is 2.40. The quantitative estimate of drug-likeness (QED) is 0.291. The molecule has 0 spiro atoms. The lowest BCUT2D eigenvalue weighted by Gasteiger charge is -2.12. The number of nitrogens with one attached hydrogen (secondary N) is 2. The van der Waals surface area contributed by atoms with Crippen LogP contribution in [0.15, 0.2) is 69.3 Å². The molecule has 0 saturated carbocycles. The molecule has 3 rings (SSSR count). The summed E-state index contributed by atoms with van der Waals surface area (Å²) in [6, 6.07) is 14.8.